The van der Waals surface area contributed by atoms with Crippen LogP contribution in [0.3, 0.4) is 0 Å². The van der Waals surface area contributed by atoms with E-state index in [1.54, 1.807) is 0 Å². The van der Waals surface area contributed by atoms with Gasteiger partial charge in [0, 0.05) is 32.1 Å². The van der Waals surface area contributed by atoms with Gasteiger partial charge in [0.2, 0.25) is 0 Å². The summed E-state index contributed by atoms with van der Waals surface area (Å²) in [7, 11) is 0. The van der Waals surface area contributed by atoms with Gasteiger partial charge in [-0.1, -0.05) is 13.8 Å². The predicted octanol–water partition coefficient (Wildman–Crippen LogP) is 2.72. The molecule has 1 fully saturated rings. The molecule has 0 amide bonds. The summed E-state index contributed by atoms with van der Waals surface area (Å²) in [4.78, 5) is 5.11. The lowest BCUT2D eigenvalue weighted by atomic mass is 10.0. The van der Waals surface area contributed by atoms with Crippen molar-refractivity contribution in [1.29, 1.82) is 0 Å². The molecule has 3 heteroatoms. The molecule has 1 aromatic heterocycles. The van der Waals surface area contributed by atoms with E-state index in [1.807, 2.05) is 6.92 Å². The Kier molecular flexibility index (Phi) is 4.84. The summed E-state index contributed by atoms with van der Waals surface area (Å²) in [6.07, 6.45) is 1.19. The monoisotopic (exact) mass is 250 g/mol. The minimum atomic E-state index is 0.530. The van der Waals surface area contributed by atoms with E-state index in [-0.39, 0.29) is 0 Å². The summed E-state index contributed by atoms with van der Waals surface area (Å²) in [5.74, 6) is 2.69. The number of piperazine rings is 1. The van der Waals surface area contributed by atoms with Gasteiger partial charge >= 0.3 is 0 Å². The molecule has 1 aliphatic rings. The lowest BCUT2D eigenvalue weighted by Gasteiger charge is -2.34. The Balaban J connectivity index is 1.72. The Morgan fingerprint density at radius 3 is 2.39 bits per heavy atom. The van der Waals surface area contributed by atoms with Gasteiger partial charge < -0.3 is 14.2 Å². The predicted molar refractivity (Wildman–Crippen MR) is 75.0 cm³/mol. The molecule has 0 radical (unpaired) electrons. The van der Waals surface area contributed by atoms with Crippen LogP contribution >= 0.6 is 0 Å². The van der Waals surface area contributed by atoms with E-state index in [2.05, 4.69) is 35.8 Å². The lowest BCUT2D eigenvalue weighted by molar-refractivity contribution is 0.134. The molecule has 0 saturated carbocycles. The van der Waals surface area contributed by atoms with Crippen molar-refractivity contribution in [3.05, 3.63) is 23.7 Å². The first-order chi connectivity index (χ1) is 8.69. The van der Waals surface area contributed by atoms with Crippen molar-refractivity contribution in [2.45, 2.75) is 33.1 Å². The Morgan fingerprint density at radius 2 is 1.83 bits per heavy atom. The van der Waals surface area contributed by atoms with Crippen molar-refractivity contribution < 1.29 is 4.42 Å². The third kappa shape index (κ3) is 3.59. The van der Waals surface area contributed by atoms with Gasteiger partial charge in [-0.15, -0.1) is 0 Å². The van der Waals surface area contributed by atoms with Crippen molar-refractivity contribution in [2.75, 3.05) is 39.3 Å². The van der Waals surface area contributed by atoms with Crippen molar-refractivity contribution in [1.82, 2.24) is 9.80 Å². The Bertz CT molecular complexity index is 353. The molecule has 1 atom stereocenters. The average Bonchev–Trinajstić information content (AvgIpc) is 2.83. The van der Waals surface area contributed by atoms with Crippen LogP contribution in [0.5, 0.6) is 0 Å². The molecule has 2 heterocycles. The molecule has 0 spiro atoms. The van der Waals surface area contributed by atoms with E-state index in [0.717, 1.165) is 11.5 Å². The molecule has 0 bridgehead atoms. The van der Waals surface area contributed by atoms with E-state index < -0.39 is 0 Å². The van der Waals surface area contributed by atoms with Crippen molar-refractivity contribution in [2.24, 2.45) is 0 Å². The van der Waals surface area contributed by atoms with Gasteiger partial charge in [0.15, 0.2) is 0 Å². The zero-order valence-electron chi connectivity index (χ0n) is 12.0. The van der Waals surface area contributed by atoms with Gasteiger partial charge in [0.1, 0.15) is 11.5 Å². The molecule has 1 aliphatic heterocycles. The summed E-state index contributed by atoms with van der Waals surface area (Å²) < 4.78 is 5.69. The Morgan fingerprint density at radius 1 is 1.17 bits per heavy atom. The van der Waals surface area contributed by atoms with E-state index in [0.29, 0.717) is 5.92 Å². The van der Waals surface area contributed by atoms with Crippen LogP contribution in [0.1, 0.15) is 37.7 Å². The zero-order valence-corrected chi connectivity index (χ0v) is 12.0. The molecule has 0 aromatic carbocycles. The molecule has 0 N–H and O–H groups in total. The second-order valence-electron chi connectivity index (χ2n) is 5.41. The summed E-state index contributed by atoms with van der Waals surface area (Å²) in [6, 6.07) is 4.18. The molecule has 18 heavy (non-hydrogen) atoms. The maximum atomic E-state index is 5.69. The number of hydrogen-bond donors (Lipinski definition) is 0. The highest BCUT2D eigenvalue weighted by Gasteiger charge is 2.17. The Labute approximate surface area is 111 Å². The minimum absolute atomic E-state index is 0.530. The summed E-state index contributed by atoms with van der Waals surface area (Å²) in [6.45, 7) is 13.8. The van der Waals surface area contributed by atoms with E-state index in [4.69, 9.17) is 4.42 Å². The fraction of sp³-hybridized carbons (Fsp3) is 0.733. The third-order valence-corrected chi connectivity index (χ3v) is 4.04. The molecular formula is C15H26N2O. The van der Waals surface area contributed by atoms with Crippen molar-refractivity contribution in [3.8, 4) is 0 Å². The quantitative estimate of drug-likeness (QED) is 0.801. The fourth-order valence-corrected chi connectivity index (χ4v) is 2.57. The largest absolute Gasteiger partial charge is 0.466 e. The SMILES string of the molecule is CCN1CCN(CC[C@H](C)c2ccc(C)o2)CC1. The molecule has 102 valence electrons. The normalized spacial score (nSPS) is 20.2. The van der Waals surface area contributed by atoms with Gasteiger partial charge in [-0.25, -0.2) is 0 Å². The van der Waals surface area contributed by atoms with Gasteiger partial charge in [0.25, 0.3) is 0 Å². The second-order valence-corrected chi connectivity index (χ2v) is 5.41. The number of rotatable bonds is 5. The minimum Gasteiger partial charge on any atom is -0.466 e. The highest BCUT2D eigenvalue weighted by molar-refractivity contribution is 5.09. The fourth-order valence-electron chi connectivity index (χ4n) is 2.57. The van der Waals surface area contributed by atoms with E-state index >= 15 is 0 Å². The smallest absolute Gasteiger partial charge is 0.107 e. The molecule has 0 unspecified atom stereocenters. The van der Waals surface area contributed by atoms with Crippen LogP contribution in [0.4, 0.5) is 0 Å². The van der Waals surface area contributed by atoms with E-state index in [1.165, 1.54) is 45.7 Å². The van der Waals surface area contributed by atoms with Crippen molar-refractivity contribution >= 4 is 0 Å². The summed E-state index contributed by atoms with van der Waals surface area (Å²) >= 11 is 0. The molecule has 1 aromatic rings. The summed E-state index contributed by atoms with van der Waals surface area (Å²) in [5.41, 5.74) is 0. The van der Waals surface area contributed by atoms with Gasteiger partial charge in [-0.2, -0.15) is 0 Å². The van der Waals surface area contributed by atoms with Gasteiger partial charge in [-0.05, 0) is 38.6 Å². The topological polar surface area (TPSA) is 19.6 Å². The van der Waals surface area contributed by atoms with Crippen LogP contribution < -0.4 is 0 Å². The van der Waals surface area contributed by atoms with Crippen LogP contribution in [-0.4, -0.2) is 49.1 Å². The summed E-state index contributed by atoms with van der Waals surface area (Å²) in [5, 5.41) is 0. The zero-order chi connectivity index (χ0) is 13.0. The number of likely N-dealkylation sites (N-methyl/N-ethyl adjacent to an activating group) is 1. The van der Waals surface area contributed by atoms with Crippen LogP contribution in [0, 0.1) is 6.92 Å². The highest BCUT2D eigenvalue weighted by Crippen LogP contribution is 2.21. The Hall–Kier alpha value is -0.800. The molecule has 0 aliphatic carbocycles. The van der Waals surface area contributed by atoms with Crippen LogP contribution in [0.25, 0.3) is 0 Å². The average molecular weight is 250 g/mol. The number of furan rings is 1. The lowest BCUT2D eigenvalue weighted by Crippen LogP contribution is -2.46. The first-order valence-corrected chi connectivity index (χ1v) is 7.20. The first-order valence-electron chi connectivity index (χ1n) is 7.20. The second kappa shape index (κ2) is 6.39. The first kappa shape index (κ1) is 13.6. The van der Waals surface area contributed by atoms with Gasteiger partial charge in [-0.3, -0.25) is 0 Å². The maximum absolute atomic E-state index is 5.69. The number of hydrogen-bond acceptors (Lipinski definition) is 3. The van der Waals surface area contributed by atoms with Crippen LogP contribution in [0.15, 0.2) is 16.5 Å². The third-order valence-electron chi connectivity index (χ3n) is 4.04. The number of nitrogens with zero attached hydrogens (tertiary/aromatic N) is 2. The molecular weight excluding hydrogens is 224 g/mol. The maximum Gasteiger partial charge on any atom is 0.107 e. The van der Waals surface area contributed by atoms with Crippen molar-refractivity contribution in [3.63, 3.8) is 0 Å². The van der Waals surface area contributed by atoms with Crippen LogP contribution in [0.2, 0.25) is 0 Å². The highest BCUT2D eigenvalue weighted by atomic mass is 16.3. The molecule has 2 rings (SSSR count). The molecule has 3 nitrogen and oxygen atoms in total. The number of aryl methyl sites for hydroxylation is 1. The van der Waals surface area contributed by atoms with Crippen LogP contribution in [-0.2, 0) is 0 Å². The standard InChI is InChI=1S/C15H26N2O/c1-4-16-9-11-17(12-10-16)8-7-13(2)15-6-5-14(3)18-15/h5-6,13H,4,7-12H2,1-3H3/t13-/m0/s1. The van der Waals surface area contributed by atoms with Gasteiger partial charge in [0.05, 0.1) is 0 Å². The van der Waals surface area contributed by atoms with E-state index in [9.17, 15) is 0 Å². The molecule has 1 saturated heterocycles.